The lowest BCUT2D eigenvalue weighted by molar-refractivity contribution is -0.146. The van der Waals surface area contributed by atoms with Crippen LogP contribution >= 0.6 is 0 Å². The van der Waals surface area contributed by atoms with E-state index in [2.05, 4.69) is 0 Å². The van der Waals surface area contributed by atoms with Crippen LogP contribution in [0.1, 0.15) is 52.4 Å². The largest absolute Gasteiger partial charge is 0.469 e. The van der Waals surface area contributed by atoms with E-state index in [0.29, 0.717) is 12.6 Å². The van der Waals surface area contributed by atoms with Gasteiger partial charge in [-0.1, -0.05) is 32.6 Å². The van der Waals surface area contributed by atoms with Crippen LogP contribution in [0.4, 0.5) is 0 Å². The zero-order valence-corrected chi connectivity index (χ0v) is 11.8. The summed E-state index contributed by atoms with van der Waals surface area (Å²) in [4.78, 5) is 25.1. The van der Waals surface area contributed by atoms with Gasteiger partial charge in [0, 0.05) is 19.5 Å². The molecule has 1 unspecified atom stereocenters. The molecule has 0 N–H and O–H groups in total. The molecule has 18 heavy (non-hydrogen) atoms. The fourth-order valence-corrected chi connectivity index (χ4v) is 2.67. The third-order valence-electron chi connectivity index (χ3n) is 3.74. The average molecular weight is 255 g/mol. The first kappa shape index (κ1) is 15.0. The lowest BCUT2D eigenvalue weighted by atomic mass is 10.0. The van der Waals surface area contributed by atoms with E-state index in [1.807, 2.05) is 11.8 Å². The molecule has 0 radical (unpaired) electrons. The van der Waals surface area contributed by atoms with Crippen LogP contribution in [0.25, 0.3) is 0 Å². The third-order valence-corrected chi connectivity index (χ3v) is 3.74. The molecule has 0 aliphatic heterocycles. The van der Waals surface area contributed by atoms with E-state index >= 15 is 0 Å². The average Bonchev–Trinajstić information content (AvgIpc) is 2.62. The molecule has 1 atom stereocenters. The molecule has 104 valence electrons. The standard InChI is InChI=1S/C14H25NO3/c1-11(14(17)18-3)10-15(12(2)16)13-8-6-4-5-7-9-13/h11,13H,4-10H2,1-3H3. The Labute approximate surface area is 110 Å². The number of ether oxygens (including phenoxy) is 1. The second-order valence-electron chi connectivity index (χ2n) is 5.24. The van der Waals surface area contributed by atoms with Crippen molar-refractivity contribution in [3.63, 3.8) is 0 Å². The molecular weight excluding hydrogens is 230 g/mol. The molecule has 1 saturated carbocycles. The Kier molecular flexibility index (Phi) is 6.16. The van der Waals surface area contributed by atoms with E-state index in [0.717, 1.165) is 12.8 Å². The van der Waals surface area contributed by atoms with E-state index < -0.39 is 0 Å². The monoisotopic (exact) mass is 255 g/mol. The van der Waals surface area contributed by atoms with Gasteiger partial charge in [-0.15, -0.1) is 0 Å². The van der Waals surface area contributed by atoms with Crippen molar-refractivity contribution in [2.45, 2.75) is 58.4 Å². The van der Waals surface area contributed by atoms with Crippen LogP contribution in [-0.2, 0) is 14.3 Å². The molecule has 0 spiro atoms. The molecule has 1 amide bonds. The second-order valence-corrected chi connectivity index (χ2v) is 5.24. The molecule has 4 nitrogen and oxygen atoms in total. The van der Waals surface area contributed by atoms with Crippen LogP contribution in [0.5, 0.6) is 0 Å². The molecule has 4 heteroatoms. The Bertz CT molecular complexity index is 283. The number of nitrogens with zero attached hydrogens (tertiary/aromatic N) is 1. The Morgan fingerprint density at radius 1 is 1.22 bits per heavy atom. The first-order valence-corrected chi connectivity index (χ1v) is 6.91. The van der Waals surface area contributed by atoms with Gasteiger partial charge < -0.3 is 9.64 Å². The van der Waals surface area contributed by atoms with E-state index in [4.69, 9.17) is 4.74 Å². The van der Waals surface area contributed by atoms with Crippen LogP contribution in [0, 0.1) is 5.92 Å². The first-order valence-electron chi connectivity index (χ1n) is 6.91. The van der Waals surface area contributed by atoms with Gasteiger partial charge >= 0.3 is 5.97 Å². The van der Waals surface area contributed by atoms with Crippen molar-refractivity contribution in [1.82, 2.24) is 4.90 Å². The predicted octanol–water partition coefficient (Wildman–Crippen LogP) is 2.37. The summed E-state index contributed by atoms with van der Waals surface area (Å²) in [5.41, 5.74) is 0. The highest BCUT2D eigenvalue weighted by atomic mass is 16.5. The molecular formula is C14H25NO3. The fraction of sp³-hybridized carbons (Fsp3) is 0.857. The highest BCUT2D eigenvalue weighted by Gasteiger charge is 2.26. The zero-order chi connectivity index (χ0) is 13.5. The van der Waals surface area contributed by atoms with E-state index in [1.54, 1.807) is 6.92 Å². The highest BCUT2D eigenvalue weighted by Crippen LogP contribution is 2.23. The maximum Gasteiger partial charge on any atom is 0.310 e. The van der Waals surface area contributed by atoms with Gasteiger partial charge in [0.2, 0.25) is 5.91 Å². The van der Waals surface area contributed by atoms with Crippen molar-refractivity contribution in [2.24, 2.45) is 5.92 Å². The second kappa shape index (κ2) is 7.39. The maximum absolute atomic E-state index is 11.8. The number of carbonyl (C=O) groups excluding carboxylic acids is 2. The topological polar surface area (TPSA) is 46.6 Å². The zero-order valence-electron chi connectivity index (χ0n) is 11.8. The summed E-state index contributed by atoms with van der Waals surface area (Å²) >= 11 is 0. The minimum absolute atomic E-state index is 0.0673. The summed E-state index contributed by atoms with van der Waals surface area (Å²) in [5.74, 6) is -0.422. The third kappa shape index (κ3) is 4.31. The minimum atomic E-state index is -0.248. The van der Waals surface area contributed by atoms with Gasteiger partial charge in [-0.2, -0.15) is 0 Å². The number of amides is 1. The van der Waals surface area contributed by atoms with Crippen molar-refractivity contribution in [3.05, 3.63) is 0 Å². The molecule has 1 aliphatic carbocycles. The van der Waals surface area contributed by atoms with Crippen molar-refractivity contribution in [1.29, 1.82) is 0 Å². The Hall–Kier alpha value is -1.06. The van der Waals surface area contributed by atoms with E-state index in [1.165, 1.54) is 32.8 Å². The summed E-state index contributed by atoms with van der Waals surface area (Å²) < 4.78 is 4.73. The van der Waals surface area contributed by atoms with Crippen LogP contribution in [0.15, 0.2) is 0 Å². The minimum Gasteiger partial charge on any atom is -0.469 e. The van der Waals surface area contributed by atoms with Crippen LogP contribution in [0.2, 0.25) is 0 Å². The smallest absolute Gasteiger partial charge is 0.310 e. The Morgan fingerprint density at radius 2 is 1.78 bits per heavy atom. The fourth-order valence-electron chi connectivity index (χ4n) is 2.67. The molecule has 0 aromatic carbocycles. The van der Waals surface area contributed by atoms with Gasteiger partial charge in [-0.05, 0) is 12.8 Å². The van der Waals surface area contributed by atoms with Crippen LogP contribution < -0.4 is 0 Å². The molecule has 0 bridgehead atoms. The van der Waals surface area contributed by atoms with Crippen molar-refractivity contribution in [3.8, 4) is 0 Å². The molecule has 0 heterocycles. The van der Waals surface area contributed by atoms with Gasteiger partial charge in [0.25, 0.3) is 0 Å². The van der Waals surface area contributed by atoms with Gasteiger partial charge in [0.05, 0.1) is 13.0 Å². The van der Waals surface area contributed by atoms with E-state index in [-0.39, 0.29) is 17.8 Å². The van der Waals surface area contributed by atoms with Crippen molar-refractivity contribution in [2.75, 3.05) is 13.7 Å². The van der Waals surface area contributed by atoms with Gasteiger partial charge in [-0.3, -0.25) is 9.59 Å². The molecule has 0 saturated heterocycles. The number of esters is 1. The lowest BCUT2D eigenvalue weighted by Gasteiger charge is -2.32. The number of rotatable bonds is 4. The summed E-state index contributed by atoms with van der Waals surface area (Å²) in [5, 5.41) is 0. The SMILES string of the molecule is COC(=O)C(C)CN(C(C)=O)C1CCCCCC1. The lowest BCUT2D eigenvalue weighted by Crippen LogP contribution is -2.43. The summed E-state index contributed by atoms with van der Waals surface area (Å²) in [6.07, 6.45) is 7.01. The van der Waals surface area contributed by atoms with Crippen LogP contribution in [0.3, 0.4) is 0 Å². The number of hydrogen-bond acceptors (Lipinski definition) is 3. The number of hydrogen-bond donors (Lipinski definition) is 0. The predicted molar refractivity (Wildman–Crippen MR) is 70.1 cm³/mol. The number of carbonyl (C=O) groups is 2. The molecule has 0 aromatic heterocycles. The summed E-state index contributed by atoms with van der Waals surface area (Å²) in [6, 6.07) is 0.303. The highest BCUT2D eigenvalue weighted by molar-refractivity contribution is 5.76. The molecule has 1 aliphatic rings. The van der Waals surface area contributed by atoms with Crippen molar-refractivity contribution >= 4 is 11.9 Å². The number of methoxy groups -OCH3 is 1. The van der Waals surface area contributed by atoms with Crippen molar-refractivity contribution < 1.29 is 14.3 Å². The molecule has 1 fully saturated rings. The maximum atomic E-state index is 11.8. The quantitative estimate of drug-likeness (QED) is 0.572. The molecule has 1 rings (SSSR count). The summed E-state index contributed by atoms with van der Waals surface area (Å²) in [6.45, 7) is 3.89. The van der Waals surface area contributed by atoms with E-state index in [9.17, 15) is 9.59 Å². The van der Waals surface area contributed by atoms with Gasteiger partial charge in [0.1, 0.15) is 0 Å². The van der Waals surface area contributed by atoms with Gasteiger partial charge in [0.15, 0.2) is 0 Å². The van der Waals surface area contributed by atoms with Crippen LogP contribution in [-0.4, -0.2) is 36.5 Å². The normalized spacial score (nSPS) is 18.8. The Balaban J connectivity index is 2.63. The molecule has 0 aromatic rings. The van der Waals surface area contributed by atoms with Gasteiger partial charge in [-0.25, -0.2) is 0 Å². The Morgan fingerprint density at radius 3 is 2.22 bits per heavy atom. The first-order chi connectivity index (χ1) is 8.56. The summed E-state index contributed by atoms with van der Waals surface area (Å²) in [7, 11) is 1.39.